The summed E-state index contributed by atoms with van der Waals surface area (Å²) in [4.78, 5) is 30.0. The molecule has 1 saturated carbocycles. The summed E-state index contributed by atoms with van der Waals surface area (Å²) in [7, 11) is 0. The number of nitrogens with zero attached hydrogens (tertiary/aromatic N) is 5. The Labute approximate surface area is 197 Å². The number of piperazine rings is 1. The van der Waals surface area contributed by atoms with Crippen LogP contribution in [0.4, 0.5) is 5.95 Å². The highest BCUT2D eigenvalue weighted by Crippen LogP contribution is 2.43. The van der Waals surface area contributed by atoms with E-state index in [0.29, 0.717) is 31.5 Å². The predicted molar refractivity (Wildman–Crippen MR) is 131 cm³/mol. The van der Waals surface area contributed by atoms with Crippen LogP contribution in [-0.4, -0.2) is 72.5 Å². The summed E-state index contributed by atoms with van der Waals surface area (Å²) in [6, 6.07) is 1.81. The van der Waals surface area contributed by atoms with Gasteiger partial charge in [0.05, 0.1) is 0 Å². The maximum absolute atomic E-state index is 12.6. The van der Waals surface area contributed by atoms with Gasteiger partial charge in [-0.2, -0.15) is 0 Å². The molecule has 0 bridgehead atoms. The third-order valence-electron chi connectivity index (χ3n) is 6.18. The maximum atomic E-state index is 12.6. The van der Waals surface area contributed by atoms with Crippen LogP contribution in [0.15, 0.2) is 23.5 Å². The van der Waals surface area contributed by atoms with Gasteiger partial charge in [-0.15, -0.1) is 24.0 Å². The second-order valence-electron chi connectivity index (χ2n) is 8.00. The number of halogens is 1. The van der Waals surface area contributed by atoms with Crippen LogP contribution in [0.3, 0.4) is 0 Å². The first-order valence-corrected chi connectivity index (χ1v) is 11.0. The SMILES string of the molecule is CCNC(=NCC1(CC)CCC1)NCCC(=O)N1CCN(c2ncccn2)CC1.I. The summed E-state index contributed by atoms with van der Waals surface area (Å²) in [5.41, 5.74) is 0.403. The predicted octanol–water partition coefficient (Wildman–Crippen LogP) is 2.27. The number of hydrogen-bond acceptors (Lipinski definition) is 5. The number of carbonyl (C=O) groups is 1. The first kappa shape index (κ1) is 24.6. The van der Waals surface area contributed by atoms with Crippen molar-refractivity contribution in [3.05, 3.63) is 18.5 Å². The molecular weight excluding hydrogens is 493 g/mol. The number of carbonyl (C=O) groups excluding carboxylic acids is 1. The van der Waals surface area contributed by atoms with Crippen LogP contribution in [0, 0.1) is 5.41 Å². The largest absolute Gasteiger partial charge is 0.357 e. The van der Waals surface area contributed by atoms with Crippen molar-refractivity contribution in [2.75, 3.05) is 50.7 Å². The Bertz CT molecular complexity index is 668. The van der Waals surface area contributed by atoms with Crippen LogP contribution < -0.4 is 15.5 Å². The molecule has 0 radical (unpaired) electrons. The molecule has 2 N–H and O–H groups in total. The Balaban J connectivity index is 0.00000320. The summed E-state index contributed by atoms with van der Waals surface area (Å²) < 4.78 is 0. The van der Waals surface area contributed by atoms with Crippen molar-refractivity contribution in [1.29, 1.82) is 0 Å². The van der Waals surface area contributed by atoms with Gasteiger partial charge < -0.3 is 20.4 Å². The smallest absolute Gasteiger partial charge is 0.225 e. The minimum atomic E-state index is 0. The number of guanidine groups is 1. The van der Waals surface area contributed by atoms with Gasteiger partial charge in [-0.05, 0) is 37.7 Å². The molecule has 30 heavy (non-hydrogen) atoms. The summed E-state index contributed by atoms with van der Waals surface area (Å²) in [5, 5.41) is 6.63. The molecule has 2 heterocycles. The van der Waals surface area contributed by atoms with Gasteiger partial charge in [0.15, 0.2) is 5.96 Å². The van der Waals surface area contributed by atoms with Crippen LogP contribution >= 0.6 is 24.0 Å². The fourth-order valence-corrected chi connectivity index (χ4v) is 3.95. The molecule has 3 rings (SSSR count). The van der Waals surface area contributed by atoms with E-state index >= 15 is 0 Å². The molecule has 1 amide bonds. The minimum absolute atomic E-state index is 0. The normalized spacial score (nSPS) is 18.3. The molecule has 2 aliphatic rings. The number of anilines is 1. The van der Waals surface area contributed by atoms with E-state index in [1.54, 1.807) is 12.4 Å². The van der Waals surface area contributed by atoms with Gasteiger partial charge in [-0.25, -0.2) is 9.97 Å². The maximum Gasteiger partial charge on any atom is 0.225 e. The average molecular weight is 529 g/mol. The van der Waals surface area contributed by atoms with E-state index in [9.17, 15) is 4.79 Å². The topological polar surface area (TPSA) is 85.8 Å². The van der Waals surface area contributed by atoms with Crippen molar-refractivity contribution in [1.82, 2.24) is 25.5 Å². The van der Waals surface area contributed by atoms with Crippen molar-refractivity contribution >= 4 is 41.8 Å². The van der Waals surface area contributed by atoms with Crippen molar-refractivity contribution in [2.24, 2.45) is 10.4 Å². The van der Waals surface area contributed by atoms with Gasteiger partial charge in [0.1, 0.15) is 0 Å². The van der Waals surface area contributed by atoms with Crippen molar-refractivity contribution < 1.29 is 4.79 Å². The van der Waals surface area contributed by atoms with Crippen molar-refractivity contribution in [3.63, 3.8) is 0 Å². The fraction of sp³-hybridized carbons (Fsp3) is 0.714. The minimum Gasteiger partial charge on any atom is -0.357 e. The number of nitrogens with one attached hydrogen (secondary N) is 2. The highest BCUT2D eigenvalue weighted by Gasteiger charge is 2.34. The van der Waals surface area contributed by atoms with Crippen molar-refractivity contribution in [2.45, 2.75) is 46.0 Å². The first-order valence-electron chi connectivity index (χ1n) is 11.0. The van der Waals surface area contributed by atoms with E-state index in [4.69, 9.17) is 4.99 Å². The molecule has 0 aromatic carbocycles. The molecular formula is C21H36IN7O. The number of hydrogen-bond donors (Lipinski definition) is 2. The molecule has 1 aromatic rings. The molecule has 2 fully saturated rings. The lowest BCUT2D eigenvalue weighted by atomic mass is 9.67. The van der Waals surface area contributed by atoms with Crippen LogP contribution in [0.2, 0.25) is 0 Å². The van der Waals surface area contributed by atoms with E-state index in [0.717, 1.165) is 38.1 Å². The van der Waals surface area contributed by atoms with Gasteiger partial charge in [0, 0.05) is 64.6 Å². The lowest BCUT2D eigenvalue weighted by Crippen LogP contribution is -2.50. The first-order chi connectivity index (χ1) is 14.2. The summed E-state index contributed by atoms with van der Waals surface area (Å²) in [6.07, 6.45) is 9.06. The number of rotatable bonds is 8. The van der Waals surface area contributed by atoms with Crippen LogP contribution in [0.25, 0.3) is 0 Å². The highest BCUT2D eigenvalue weighted by atomic mass is 127. The van der Waals surface area contributed by atoms with E-state index in [1.165, 1.54) is 25.7 Å². The Morgan fingerprint density at radius 3 is 2.40 bits per heavy atom. The molecule has 1 aliphatic heterocycles. The third kappa shape index (κ3) is 6.68. The van der Waals surface area contributed by atoms with E-state index in [2.05, 4.69) is 39.3 Å². The van der Waals surface area contributed by atoms with E-state index < -0.39 is 0 Å². The number of aliphatic imine (C=N–C) groups is 1. The summed E-state index contributed by atoms with van der Waals surface area (Å²) in [5.74, 6) is 1.75. The lowest BCUT2D eigenvalue weighted by Gasteiger charge is -2.40. The van der Waals surface area contributed by atoms with Crippen LogP contribution in [-0.2, 0) is 4.79 Å². The van der Waals surface area contributed by atoms with Gasteiger partial charge in [-0.3, -0.25) is 9.79 Å². The molecule has 9 heteroatoms. The molecule has 0 atom stereocenters. The second kappa shape index (κ2) is 12.3. The van der Waals surface area contributed by atoms with Crippen LogP contribution in [0.1, 0.15) is 46.0 Å². The van der Waals surface area contributed by atoms with Gasteiger partial charge in [0.25, 0.3) is 0 Å². The van der Waals surface area contributed by atoms with Gasteiger partial charge in [-0.1, -0.05) is 13.3 Å². The molecule has 1 aromatic heterocycles. The quantitative estimate of drug-likeness (QED) is 0.306. The molecule has 8 nitrogen and oxygen atoms in total. The Morgan fingerprint density at radius 1 is 1.13 bits per heavy atom. The molecule has 1 aliphatic carbocycles. The molecule has 1 saturated heterocycles. The molecule has 0 unspecified atom stereocenters. The lowest BCUT2D eigenvalue weighted by molar-refractivity contribution is -0.131. The summed E-state index contributed by atoms with van der Waals surface area (Å²) >= 11 is 0. The average Bonchev–Trinajstić information content (AvgIpc) is 2.74. The zero-order chi connectivity index (χ0) is 20.5. The van der Waals surface area contributed by atoms with Gasteiger partial charge >= 0.3 is 0 Å². The Kier molecular flexibility index (Phi) is 10.1. The Morgan fingerprint density at radius 2 is 1.83 bits per heavy atom. The standard InChI is InChI=1S/C21H35N7O.HI/c1-3-21(8-5-9-21)17-26-19(22-4-2)23-12-7-18(29)27-13-15-28(16-14-27)20-24-10-6-11-25-20;/h6,10-11H,3-5,7-9,12-17H2,1-2H3,(H2,22,23,26);1H. The van der Waals surface area contributed by atoms with Crippen molar-refractivity contribution in [3.8, 4) is 0 Å². The molecule has 168 valence electrons. The van der Waals surface area contributed by atoms with E-state index in [1.807, 2.05) is 11.0 Å². The van der Waals surface area contributed by atoms with Crippen LogP contribution in [0.5, 0.6) is 0 Å². The fourth-order valence-electron chi connectivity index (χ4n) is 3.95. The zero-order valence-corrected chi connectivity index (χ0v) is 20.6. The number of amides is 1. The summed E-state index contributed by atoms with van der Waals surface area (Å²) in [6.45, 7) is 9.59. The number of aromatic nitrogens is 2. The highest BCUT2D eigenvalue weighted by molar-refractivity contribution is 14.0. The molecule has 0 spiro atoms. The Hall–Kier alpha value is -1.65. The second-order valence-corrected chi connectivity index (χ2v) is 8.00. The monoisotopic (exact) mass is 529 g/mol. The third-order valence-corrected chi connectivity index (χ3v) is 6.18. The van der Waals surface area contributed by atoms with E-state index in [-0.39, 0.29) is 29.9 Å². The zero-order valence-electron chi connectivity index (χ0n) is 18.3. The van der Waals surface area contributed by atoms with Gasteiger partial charge in [0.2, 0.25) is 11.9 Å².